The van der Waals surface area contributed by atoms with E-state index in [9.17, 15) is 72.3 Å². The summed E-state index contributed by atoms with van der Waals surface area (Å²) in [4.78, 5) is 115. The Morgan fingerprint density at radius 2 is 1.52 bits per heavy atom. The predicted octanol–water partition coefficient (Wildman–Crippen LogP) is -4.71. The average molecular weight is 1220 g/mol. The number of ether oxygens (including phenoxy) is 5. The van der Waals surface area contributed by atoms with Gasteiger partial charge in [-0.2, -0.15) is 8.62 Å². The van der Waals surface area contributed by atoms with E-state index in [1.807, 2.05) is 4.98 Å². The molecule has 0 saturated carbocycles. The van der Waals surface area contributed by atoms with E-state index in [0.29, 0.717) is 4.57 Å². The molecule has 16 atom stereocenters. The molecule has 5 unspecified atom stereocenters. The fraction of sp³-hybridized carbons (Fsp3) is 0.595. The molecule has 8 rings (SSSR count). The number of carbonyl (C=O) groups is 1. The fourth-order valence-corrected chi connectivity index (χ4v) is 13.4. The Hall–Kier alpha value is -5.15. The Kier molecular flexibility index (Phi) is 18.6. The number of H-pyrrole nitrogens is 2. The van der Waals surface area contributed by atoms with E-state index < -0.39 is 147 Å². The molecule has 0 aliphatic carbocycles. The molecule has 0 aromatic carbocycles. The van der Waals surface area contributed by atoms with Crippen LogP contribution in [0.1, 0.15) is 31.5 Å². The summed E-state index contributed by atoms with van der Waals surface area (Å²) in [6.45, 7) is -3.13. The molecule has 8 heterocycles. The van der Waals surface area contributed by atoms with Crippen LogP contribution in [0.15, 0.2) is 45.6 Å². The molecule has 43 heteroatoms. The van der Waals surface area contributed by atoms with Gasteiger partial charge in [-0.15, -0.1) is 0 Å². The number of methoxy groups -OCH3 is 2. The van der Waals surface area contributed by atoms with Crippen LogP contribution in [0, 0.1) is 5.92 Å². The third-order valence-electron chi connectivity index (χ3n) is 12.5. The second-order valence-electron chi connectivity index (χ2n) is 17.7. The maximum absolute atomic E-state index is 13.5. The molecule has 3 aliphatic heterocycles. The van der Waals surface area contributed by atoms with Gasteiger partial charge in [-0.1, -0.05) is 4.98 Å². The SMILES string of the molecule is COCCNC(=O)CC[C@@H]1[C@@H](COP(=O)(O)OP(=O)(O)OP(=O)(O)OC[C@H]2O[C@@H](n3cnc4c(N)ncnc43)[C@H](OC)[C@@H]2OP(=O)([O-])OC[C@H]2O[C@@H](n3ccc(=O)[nH]c3=O)[C@H](O)[C@@H]2O)OC([n+]2cn(C)c3c(=O)[nH]c(N)nc32)[C@@H]1O. The number of hydrogen-bond acceptors (Lipinski definition) is 29. The van der Waals surface area contributed by atoms with Crippen molar-refractivity contribution in [2.75, 3.05) is 58.7 Å². The quantitative estimate of drug-likeness (QED) is 0.0149. The van der Waals surface area contributed by atoms with E-state index in [2.05, 4.69) is 38.9 Å². The van der Waals surface area contributed by atoms with Crippen LogP contribution in [0.4, 0.5) is 11.8 Å². The van der Waals surface area contributed by atoms with Crippen LogP contribution in [-0.4, -0.2) is 176 Å². The number of nitrogens with one attached hydrogen (secondary N) is 3. The van der Waals surface area contributed by atoms with Gasteiger partial charge in [-0.3, -0.25) is 51.7 Å². The number of phosphoric ester groups is 3. The van der Waals surface area contributed by atoms with Crippen molar-refractivity contribution in [3.8, 4) is 0 Å². The highest BCUT2D eigenvalue weighted by Gasteiger charge is 2.53. The monoisotopic (exact) mass is 1220 g/mol. The number of aryl methyl sites for hydroxylation is 1. The van der Waals surface area contributed by atoms with Crippen LogP contribution in [-0.2, 0) is 80.5 Å². The van der Waals surface area contributed by atoms with Gasteiger partial charge in [0, 0.05) is 45.4 Å². The summed E-state index contributed by atoms with van der Waals surface area (Å²) in [5, 5.41) is 35.4. The summed E-state index contributed by atoms with van der Waals surface area (Å²) in [6.07, 6.45) is -14.5. The zero-order chi connectivity index (χ0) is 58.2. The minimum Gasteiger partial charge on any atom is -0.756 e. The summed E-state index contributed by atoms with van der Waals surface area (Å²) < 4.78 is 114. The molecule has 0 bridgehead atoms. The summed E-state index contributed by atoms with van der Waals surface area (Å²) in [7, 11) is -19.9. The normalized spacial score (nSPS) is 29.1. The molecule has 0 radical (unpaired) electrons. The first-order chi connectivity index (χ1) is 37.6. The number of amides is 1. The van der Waals surface area contributed by atoms with Crippen molar-refractivity contribution in [2.45, 2.75) is 80.4 Å². The van der Waals surface area contributed by atoms with Gasteiger partial charge in [0.2, 0.25) is 17.7 Å². The van der Waals surface area contributed by atoms with Gasteiger partial charge in [0.25, 0.3) is 24.9 Å². The zero-order valence-corrected chi connectivity index (χ0v) is 45.2. The number of nitrogens with zero attached hydrogens (tertiary/aromatic N) is 8. The van der Waals surface area contributed by atoms with E-state index in [1.54, 1.807) is 0 Å². The van der Waals surface area contributed by atoms with E-state index in [-0.39, 0.29) is 60.1 Å². The Labute approximate surface area is 446 Å². The van der Waals surface area contributed by atoms with Crippen LogP contribution in [0.2, 0.25) is 0 Å². The molecular weight excluding hydrogens is 1170 g/mol. The number of anilines is 2. The molecule has 3 aliphatic rings. The predicted molar refractivity (Wildman–Crippen MR) is 257 cm³/mol. The molecule has 5 aromatic rings. The van der Waals surface area contributed by atoms with E-state index in [4.69, 9.17) is 53.2 Å². The van der Waals surface area contributed by atoms with Crippen molar-refractivity contribution in [3.05, 3.63) is 62.4 Å². The van der Waals surface area contributed by atoms with Crippen molar-refractivity contribution < 1.29 is 113 Å². The number of rotatable bonds is 25. The van der Waals surface area contributed by atoms with Gasteiger partial charge < -0.3 is 84.4 Å². The van der Waals surface area contributed by atoms with Crippen molar-refractivity contribution >= 4 is 71.3 Å². The molecule has 3 saturated heterocycles. The van der Waals surface area contributed by atoms with E-state index in [0.717, 1.165) is 32.0 Å². The Balaban J connectivity index is 0.947. The third-order valence-corrected chi connectivity index (χ3v) is 17.7. The minimum absolute atomic E-state index is 0.00537. The van der Waals surface area contributed by atoms with Gasteiger partial charge in [-0.05, 0) is 6.42 Å². The first-order valence-electron chi connectivity index (χ1n) is 23.3. The first-order valence-corrected chi connectivity index (χ1v) is 29.2. The smallest absolute Gasteiger partial charge is 0.490 e. The summed E-state index contributed by atoms with van der Waals surface area (Å²) in [5.41, 5.74) is 9.13. The van der Waals surface area contributed by atoms with Crippen molar-refractivity contribution in [2.24, 2.45) is 13.0 Å². The topological polar surface area (TPSA) is 548 Å². The van der Waals surface area contributed by atoms with Crippen molar-refractivity contribution in [1.29, 1.82) is 0 Å². The number of hydrogen-bond donors (Lipinski definition) is 11. The molecule has 80 heavy (non-hydrogen) atoms. The number of aliphatic hydroxyl groups excluding tert-OH is 3. The minimum atomic E-state index is -6.25. The number of nitrogen functional groups attached to an aromatic ring is 2. The number of carbonyl (C=O) groups excluding carboxylic acids is 1. The van der Waals surface area contributed by atoms with Gasteiger partial charge >= 0.3 is 34.8 Å². The Morgan fingerprint density at radius 3 is 2.20 bits per heavy atom. The van der Waals surface area contributed by atoms with E-state index in [1.165, 1.54) is 34.2 Å². The Bertz CT molecular complexity index is 3450. The average Bonchev–Trinajstić information content (AvgIpc) is 4.36. The van der Waals surface area contributed by atoms with Gasteiger partial charge in [0.05, 0.1) is 45.9 Å². The number of aromatic amines is 2. The number of imidazole rings is 2. The first kappa shape index (κ1) is 60.9. The number of nitrogens with two attached hydrogens (primary N) is 2. The van der Waals surface area contributed by atoms with Crippen molar-refractivity contribution in [3.63, 3.8) is 0 Å². The van der Waals surface area contributed by atoms with Crippen LogP contribution >= 0.6 is 31.3 Å². The van der Waals surface area contributed by atoms with Crippen LogP contribution in [0.3, 0.4) is 0 Å². The number of aromatic nitrogens is 10. The second-order valence-corrected chi connectivity index (χ2v) is 23.7. The van der Waals surface area contributed by atoms with Crippen LogP contribution in [0.25, 0.3) is 22.3 Å². The largest absolute Gasteiger partial charge is 0.756 e. The van der Waals surface area contributed by atoms with Crippen LogP contribution < -0.4 is 43.1 Å². The lowest BCUT2D eigenvalue weighted by molar-refractivity contribution is -0.745. The second kappa shape index (κ2) is 24.4. The summed E-state index contributed by atoms with van der Waals surface area (Å²) >= 11 is 0. The zero-order valence-electron chi connectivity index (χ0n) is 41.6. The molecule has 1 amide bonds. The Morgan fingerprint density at radius 1 is 0.850 bits per heavy atom. The standard InChI is InChI=1S/C37H53N13O26P4/c1-47-15-50(31-23(47)32(56)46-36(39)45-31)33-24(53)16(4-5-20(51)40-7-9-66-2)17(71-33)10-69-78(60,61)75-80(64,65)76-79(62,63)70-12-19-27(28(67-3)35(73-19)49-14-43-22-29(38)41-13-42-30(22)49)74-77(58,59)68-11-18-25(54)26(55)34(72-18)48-8-6-21(52)44-37(48)57/h6,8,13-19,24-28,33-35,53-55H,4-5,7,9-12H2,1-3H3,(H10-,38,39,40,41,42,44,45,46,51,52,56,57,58,59,60,61,62,63,64,65)/t16-,17-,18-,19-,24-,25-,26-,27-,28-,33?,34-,35-/m1/s1. The number of phosphoric acid groups is 4. The van der Waals surface area contributed by atoms with Crippen LogP contribution in [0.5, 0.6) is 0 Å². The highest BCUT2D eigenvalue weighted by molar-refractivity contribution is 7.66. The molecule has 39 nitrogen and oxygen atoms in total. The maximum Gasteiger partial charge on any atom is 0.490 e. The fourth-order valence-electron chi connectivity index (χ4n) is 8.90. The number of fused-ring (bicyclic) bond motifs is 2. The lowest BCUT2D eigenvalue weighted by atomic mass is 9.93. The molecule has 442 valence electrons. The highest BCUT2D eigenvalue weighted by Crippen LogP contribution is 2.68. The molecule has 13 N–H and O–H groups in total. The summed E-state index contributed by atoms with van der Waals surface area (Å²) in [6, 6.07) is 0.911. The molecule has 5 aromatic heterocycles. The van der Waals surface area contributed by atoms with Gasteiger partial charge in [-0.25, -0.2) is 38.0 Å². The van der Waals surface area contributed by atoms with Gasteiger partial charge in [0.1, 0.15) is 54.6 Å². The third kappa shape index (κ3) is 13.7. The molecule has 3 fully saturated rings. The lowest BCUT2D eigenvalue weighted by Crippen LogP contribution is -2.45. The highest BCUT2D eigenvalue weighted by atomic mass is 31.3. The van der Waals surface area contributed by atoms with Crippen molar-refractivity contribution in [1.82, 2.24) is 48.9 Å². The lowest BCUT2D eigenvalue weighted by Gasteiger charge is -2.31. The summed E-state index contributed by atoms with van der Waals surface area (Å²) in [5.74, 6) is -2.03. The maximum atomic E-state index is 13.5. The van der Waals surface area contributed by atoms with Gasteiger partial charge in [0.15, 0.2) is 30.2 Å². The molecular formula is C37H53N13O26P4. The number of aliphatic hydroxyl groups is 3. The molecule has 0 spiro atoms. The van der Waals surface area contributed by atoms with E-state index >= 15 is 0 Å².